The third-order valence-corrected chi connectivity index (χ3v) is 7.93. The van der Waals surface area contributed by atoms with Crippen LogP contribution in [-0.2, 0) is 16.1 Å². The number of benzene rings is 1. The Labute approximate surface area is 200 Å². The number of nitriles is 1. The van der Waals surface area contributed by atoms with Crippen LogP contribution in [0.15, 0.2) is 18.2 Å². The number of fused-ring (bicyclic) bond motifs is 1. The lowest BCUT2D eigenvalue weighted by Crippen LogP contribution is -2.52. The van der Waals surface area contributed by atoms with E-state index in [1.54, 1.807) is 11.0 Å². The van der Waals surface area contributed by atoms with E-state index in [4.69, 9.17) is 10.00 Å². The van der Waals surface area contributed by atoms with Crippen molar-refractivity contribution in [3.05, 3.63) is 29.3 Å². The molecule has 1 aromatic rings. The van der Waals surface area contributed by atoms with Gasteiger partial charge in [-0.15, -0.1) is 0 Å². The summed E-state index contributed by atoms with van der Waals surface area (Å²) in [5.74, 6) is 0.782. The summed E-state index contributed by atoms with van der Waals surface area (Å²) in [5, 5.41) is 15.2. The van der Waals surface area contributed by atoms with Crippen LogP contribution in [0.1, 0.15) is 73.7 Å². The van der Waals surface area contributed by atoms with Gasteiger partial charge in [0.15, 0.2) is 0 Å². The minimum absolute atomic E-state index is 0.0943. The lowest BCUT2D eigenvalue weighted by atomic mass is 9.82. The summed E-state index contributed by atoms with van der Waals surface area (Å²) in [7, 11) is 0. The quantitative estimate of drug-likeness (QED) is 0.626. The molecule has 180 valence electrons. The number of piperidine rings is 1. The van der Waals surface area contributed by atoms with Gasteiger partial charge in [-0.1, -0.05) is 0 Å². The molecule has 4 aliphatic rings. The zero-order valence-electron chi connectivity index (χ0n) is 19.4. The molecule has 3 amide bonds. The molecule has 0 bridgehead atoms. The van der Waals surface area contributed by atoms with Crippen molar-refractivity contribution in [2.45, 2.75) is 82.5 Å². The average molecular weight is 465 g/mol. The maximum atomic E-state index is 12.9. The number of amides is 3. The molecule has 0 spiro atoms. The Morgan fingerprint density at radius 2 is 1.91 bits per heavy atom. The highest BCUT2D eigenvalue weighted by atomic mass is 16.5. The Morgan fingerprint density at radius 1 is 1.09 bits per heavy atom. The van der Waals surface area contributed by atoms with Gasteiger partial charge in [0.2, 0.25) is 11.8 Å². The molecule has 2 aliphatic carbocycles. The topological polar surface area (TPSA) is 112 Å². The molecule has 3 fully saturated rings. The molecule has 0 radical (unpaired) electrons. The first-order valence-corrected chi connectivity index (χ1v) is 12.6. The van der Waals surface area contributed by atoms with Crippen molar-refractivity contribution in [2.75, 3.05) is 6.54 Å². The third kappa shape index (κ3) is 4.67. The van der Waals surface area contributed by atoms with Crippen LogP contribution in [0.5, 0.6) is 5.75 Å². The van der Waals surface area contributed by atoms with E-state index in [0.717, 1.165) is 62.8 Å². The first-order valence-electron chi connectivity index (χ1n) is 12.6. The summed E-state index contributed by atoms with van der Waals surface area (Å²) in [6.45, 7) is 1.33. The highest BCUT2D eigenvalue weighted by Crippen LogP contribution is 2.33. The van der Waals surface area contributed by atoms with Gasteiger partial charge in [-0.25, -0.2) is 0 Å². The molecule has 3 atom stereocenters. The lowest BCUT2D eigenvalue weighted by molar-refractivity contribution is -0.136. The van der Waals surface area contributed by atoms with Gasteiger partial charge in [0.25, 0.3) is 5.91 Å². The van der Waals surface area contributed by atoms with E-state index in [2.05, 4.69) is 16.7 Å². The van der Waals surface area contributed by atoms with Gasteiger partial charge in [-0.05, 0) is 87.6 Å². The van der Waals surface area contributed by atoms with Gasteiger partial charge >= 0.3 is 0 Å². The summed E-state index contributed by atoms with van der Waals surface area (Å²) >= 11 is 0. The minimum atomic E-state index is -0.603. The van der Waals surface area contributed by atoms with E-state index in [-0.39, 0.29) is 30.3 Å². The molecular formula is C26H32N4O4. The third-order valence-electron chi connectivity index (χ3n) is 7.93. The van der Waals surface area contributed by atoms with Crippen molar-refractivity contribution < 1.29 is 19.1 Å². The van der Waals surface area contributed by atoms with E-state index in [0.29, 0.717) is 30.5 Å². The molecule has 1 saturated heterocycles. The number of carbonyl (C=O) groups excluding carboxylic acids is 3. The zero-order chi connectivity index (χ0) is 23.7. The maximum absolute atomic E-state index is 12.9. The fourth-order valence-corrected chi connectivity index (χ4v) is 5.91. The first-order chi connectivity index (χ1) is 16.5. The van der Waals surface area contributed by atoms with Gasteiger partial charge in [0, 0.05) is 30.5 Å². The van der Waals surface area contributed by atoms with Crippen LogP contribution in [0.25, 0.3) is 0 Å². The van der Waals surface area contributed by atoms with Crippen LogP contribution in [-0.4, -0.2) is 47.4 Å². The molecule has 34 heavy (non-hydrogen) atoms. The number of nitrogens with zero attached hydrogens (tertiary/aromatic N) is 2. The molecular weight excluding hydrogens is 432 g/mol. The molecule has 2 heterocycles. The Kier molecular flexibility index (Phi) is 6.55. The second-order valence-corrected chi connectivity index (χ2v) is 10.2. The largest absolute Gasteiger partial charge is 0.489 e. The number of hydrogen-bond donors (Lipinski definition) is 2. The van der Waals surface area contributed by atoms with Gasteiger partial charge in [-0.2, -0.15) is 5.26 Å². The maximum Gasteiger partial charge on any atom is 0.255 e. The van der Waals surface area contributed by atoms with Gasteiger partial charge in [0.1, 0.15) is 17.9 Å². The predicted molar refractivity (Wildman–Crippen MR) is 124 cm³/mol. The van der Waals surface area contributed by atoms with E-state index in [9.17, 15) is 14.4 Å². The Balaban J connectivity index is 1.18. The molecule has 2 N–H and O–H groups in total. The molecule has 0 aromatic heterocycles. The number of ether oxygens (including phenoxy) is 1. The second kappa shape index (κ2) is 9.75. The minimum Gasteiger partial charge on any atom is -0.489 e. The summed E-state index contributed by atoms with van der Waals surface area (Å²) in [6.07, 6.45) is 8.17. The summed E-state index contributed by atoms with van der Waals surface area (Å²) < 4.78 is 6.38. The SMILES string of the molecule is N#CC1CCC(CNC2CCCC2Oc2ccc3c(c2)CN(C2CCC(=O)NC2=O)C3=O)CC1. The number of nitrogens with one attached hydrogen (secondary N) is 2. The number of rotatable bonds is 6. The van der Waals surface area contributed by atoms with Gasteiger partial charge in [-0.3, -0.25) is 19.7 Å². The monoisotopic (exact) mass is 464 g/mol. The van der Waals surface area contributed by atoms with Gasteiger partial charge < -0.3 is 15.0 Å². The lowest BCUT2D eigenvalue weighted by Gasteiger charge is -2.29. The smallest absolute Gasteiger partial charge is 0.255 e. The van der Waals surface area contributed by atoms with Crippen LogP contribution >= 0.6 is 0 Å². The fourth-order valence-electron chi connectivity index (χ4n) is 5.91. The summed E-state index contributed by atoms with van der Waals surface area (Å²) in [6, 6.07) is 7.68. The zero-order valence-corrected chi connectivity index (χ0v) is 19.4. The predicted octanol–water partition coefficient (Wildman–Crippen LogP) is 2.67. The average Bonchev–Trinajstić information content (AvgIpc) is 3.41. The molecule has 1 aromatic carbocycles. The van der Waals surface area contributed by atoms with Crippen LogP contribution in [0, 0.1) is 23.2 Å². The molecule has 8 nitrogen and oxygen atoms in total. The van der Waals surface area contributed by atoms with Crippen LogP contribution in [0.4, 0.5) is 0 Å². The molecule has 2 aliphatic heterocycles. The highest BCUT2D eigenvalue weighted by Gasteiger charge is 2.39. The van der Waals surface area contributed by atoms with Crippen LogP contribution in [0.2, 0.25) is 0 Å². The Hall–Kier alpha value is -2.92. The van der Waals surface area contributed by atoms with Crippen LogP contribution < -0.4 is 15.4 Å². The van der Waals surface area contributed by atoms with E-state index < -0.39 is 11.9 Å². The molecule has 5 rings (SSSR count). The summed E-state index contributed by atoms with van der Waals surface area (Å²) in [4.78, 5) is 38.2. The van der Waals surface area contributed by atoms with Crippen molar-refractivity contribution in [2.24, 2.45) is 11.8 Å². The second-order valence-electron chi connectivity index (χ2n) is 10.2. The van der Waals surface area contributed by atoms with Crippen molar-refractivity contribution in [1.82, 2.24) is 15.5 Å². The Morgan fingerprint density at radius 3 is 2.68 bits per heavy atom. The number of imide groups is 1. The standard InChI is InChI=1S/C26H32N4O4/c27-13-16-4-6-17(7-5-16)14-28-21-2-1-3-23(21)34-19-8-9-20-18(12-19)15-30(26(20)33)22-10-11-24(31)29-25(22)32/h8-9,12,16-17,21-23,28H,1-7,10-11,14-15H2,(H,29,31,32). The van der Waals surface area contributed by atoms with Gasteiger partial charge in [0.05, 0.1) is 6.07 Å². The normalized spacial score (nSPS) is 31.2. The van der Waals surface area contributed by atoms with Crippen molar-refractivity contribution in [3.8, 4) is 11.8 Å². The van der Waals surface area contributed by atoms with Crippen molar-refractivity contribution in [3.63, 3.8) is 0 Å². The van der Waals surface area contributed by atoms with Crippen molar-refractivity contribution in [1.29, 1.82) is 5.26 Å². The molecule has 3 unspecified atom stereocenters. The number of carbonyl (C=O) groups is 3. The highest BCUT2D eigenvalue weighted by molar-refractivity contribution is 6.05. The van der Waals surface area contributed by atoms with Crippen LogP contribution in [0.3, 0.4) is 0 Å². The van der Waals surface area contributed by atoms with E-state index >= 15 is 0 Å². The summed E-state index contributed by atoms with van der Waals surface area (Å²) in [5.41, 5.74) is 1.47. The number of hydrogen-bond acceptors (Lipinski definition) is 6. The van der Waals surface area contributed by atoms with Crippen molar-refractivity contribution >= 4 is 17.7 Å². The van der Waals surface area contributed by atoms with E-state index in [1.165, 1.54) is 0 Å². The fraction of sp³-hybridized carbons (Fsp3) is 0.615. The van der Waals surface area contributed by atoms with E-state index in [1.807, 2.05) is 12.1 Å². The molecule has 8 heteroatoms. The Bertz CT molecular complexity index is 1010. The molecule has 2 saturated carbocycles. The first kappa shape index (κ1) is 22.9.